The van der Waals surface area contributed by atoms with Gasteiger partial charge in [-0.15, -0.1) is 0 Å². The third-order valence-electron chi connectivity index (χ3n) is 4.59. The number of amides is 1. The summed E-state index contributed by atoms with van der Waals surface area (Å²) in [5.41, 5.74) is 3.64. The van der Waals surface area contributed by atoms with Gasteiger partial charge in [0.15, 0.2) is 0 Å². The number of anilines is 2. The summed E-state index contributed by atoms with van der Waals surface area (Å²) in [5, 5.41) is 3.51. The van der Waals surface area contributed by atoms with Crippen LogP contribution in [0.1, 0.15) is 48.5 Å². The van der Waals surface area contributed by atoms with Crippen molar-refractivity contribution < 1.29 is 4.79 Å². The lowest BCUT2D eigenvalue weighted by Gasteiger charge is -2.22. The van der Waals surface area contributed by atoms with Crippen molar-refractivity contribution in [2.24, 2.45) is 0 Å². The summed E-state index contributed by atoms with van der Waals surface area (Å²) in [7, 11) is 0. The van der Waals surface area contributed by atoms with Gasteiger partial charge in [0.05, 0.1) is 11.3 Å². The van der Waals surface area contributed by atoms with Crippen LogP contribution in [0.15, 0.2) is 42.7 Å². The Kier molecular flexibility index (Phi) is 5.14. The first kappa shape index (κ1) is 16.5. The maximum Gasteiger partial charge on any atom is 0.259 e. The normalized spacial score (nSPS) is 14.6. The van der Waals surface area contributed by atoms with Crippen molar-refractivity contribution in [2.75, 3.05) is 16.8 Å². The number of nitrogens with zero attached hydrogens (tertiary/aromatic N) is 2. The molecule has 1 heterocycles. The van der Waals surface area contributed by atoms with Crippen molar-refractivity contribution in [2.45, 2.75) is 45.6 Å². The molecule has 0 atom stereocenters. The number of nitrogens with one attached hydrogen (secondary N) is 1. The predicted octanol–water partition coefficient (Wildman–Crippen LogP) is 4.41. The molecule has 0 radical (unpaired) electrons. The van der Waals surface area contributed by atoms with Crippen LogP contribution in [0.3, 0.4) is 0 Å². The number of carbonyl (C=O) groups excluding carboxylic acids is 1. The molecule has 1 aromatic heterocycles. The lowest BCUT2D eigenvalue weighted by molar-refractivity contribution is 0.0988. The summed E-state index contributed by atoms with van der Waals surface area (Å²) < 4.78 is 0. The minimum absolute atomic E-state index is 0.00864. The van der Waals surface area contributed by atoms with Crippen LogP contribution in [0.5, 0.6) is 0 Å². The average Bonchev–Trinajstić information content (AvgIpc) is 3.09. The molecule has 1 aliphatic rings. The molecule has 0 saturated heterocycles. The maximum absolute atomic E-state index is 12.9. The van der Waals surface area contributed by atoms with E-state index in [2.05, 4.69) is 10.3 Å². The average molecular weight is 323 g/mol. The Bertz CT molecular complexity index is 708. The van der Waals surface area contributed by atoms with E-state index in [1.165, 1.54) is 25.7 Å². The van der Waals surface area contributed by atoms with Crippen LogP contribution in [0, 0.1) is 6.92 Å². The largest absolute Gasteiger partial charge is 0.381 e. The zero-order chi connectivity index (χ0) is 16.9. The monoisotopic (exact) mass is 323 g/mol. The van der Waals surface area contributed by atoms with Crippen LogP contribution in [0.4, 0.5) is 11.4 Å². The molecule has 1 aromatic carbocycles. The molecule has 2 aromatic rings. The Hall–Kier alpha value is -2.36. The van der Waals surface area contributed by atoms with E-state index < -0.39 is 0 Å². The van der Waals surface area contributed by atoms with Gasteiger partial charge >= 0.3 is 0 Å². The van der Waals surface area contributed by atoms with Gasteiger partial charge in [-0.05, 0) is 50.5 Å². The van der Waals surface area contributed by atoms with Gasteiger partial charge in [-0.3, -0.25) is 9.78 Å². The number of aryl methyl sites for hydroxylation is 1. The summed E-state index contributed by atoms with van der Waals surface area (Å²) in [6.45, 7) is 4.66. The second kappa shape index (κ2) is 7.47. The number of pyridine rings is 1. The van der Waals surface area contributed by atoms with Gasteiger partial charge in [0.2, 0.25) is 0 Å². The molecular formula is C20H25N3O. The van der Waals surface area contributed by atoms with Gasteiger partial charge in [-0.2, -0.15) is 0 Å². The van der Waals surface area contributed by atoms with Crippen molar-refractivity contribution in [3.05, 3.63) is 53.9 Å². The van der Waals surface area contributed by atoms with E-state index in [4.69, 9.17) is 0 Å². The molecule has 1 amide bonds. The summed E-state index contributed by atoms with van der Waals surface area (Å²) in [6.07, 6.45) is 8.41. The zero-order valence-electron chi connectivity index (χ0n) is 14.5. The Balaban J connectivity index is 1.80. The molecule has 1 aliphatic carbocycles. The molecule has 1 saturated carbocycles. The highest BCUT2D eigenvalue weighted by Gasteiger charge is 2.18. The van der Waals surface area contributed by atoms with Gasteiger partial charge in [0.1, 0.15) is 0 Å². The zero-order valence-corrected chi connectivity index (χ0v) is 14.5. The van der Waals surface area contributed by atoms with Crippen molar-refractivity contribution in [3.8, 4) is 0 Å². The van der Waals surface area contributed by atoms with E-state index >= 15 is 0 Å². The maximum atomic E-state index is 12.9. The van der Waals surface area contributed by atoms with Crippen molar-refractivity contribution in [3.63, 3.8) is 0 Å². The molecule has 3 rings (SSSR count). The van der Waals surface area contributed by atoms with Crippen LogP contribution >= 0.6 is 0 Å². The first-order chi connectivity index (χ1) is 11.7. The van der Waals surface area contributed by atoms with Crippen molar-refractivity contribution in [1.29, 1.82) is 0 Å². The quantitative estimate of drug-likeness (QED) is 0.886. The summed E-state index contributed by atoms with van der Waals surface area (Å²) in [6, 6.07) is 10.5. The molecule has 0 spiro atoms. The van der Waals surface area contributed by atoms with E-state index in [0.717, 1.165) is 16.9 Å². The Morgan fingerprint density at radius 3 is 2.75 bits per heavy atom. The fourth-order valence-electron chi connectivity index (χ4n) is 3.34. The van der Waals surface area contributed by atoms with Gasteiger partial charge in [0.25, 0.3) is 5.91 Å². The Morgan fingerprint density at radius 1 is 1.25 bits per heavy atom. The number of aromatic nitrogens is 1. The van der Waals surface area contributed by atoms with Crippen LogP contribution < -0.4 is 10.2 Å². The third-order valence-corrected chi connectivity index (χ3v) is 4.59. The van der Waals surface area contributed by atoms with E-state index in [-0.39, 0.29) is 5.91 Å². The minimum atomic E-state index is -0.00864. The topological polar surface area (TPSA) is 45.2 Å². The summed E-state index contributed by atoms with van der Waals surface area (Å²) >= 11 is 0. The number of hydrogen-bond acceptors (Lipinski definition) is 3. The molecule has 126 valence electrons. The lowest BCUT2D eigenvalue weighted by Crippen LogP contribution is -2.30. The fraction of sp³-hybridized carbons (Fsp3) is 0.400. The lowest BCUT2D eigenvalue weighted by atomic mass is 10.1. The molecule has 1 fully saturated rings. The summed E-state index contributed by atoms with van der Waals surface area (Å²) in [5.74, 6) is -0.00864. The molecule has 0 aliphatic heterocycles. The van der Waals surface area contributed by atoms with Gasteiger partial charge in [-0.1, -0.05) is 25.0 Å². The van der Waals surface area contributed by atoms with Crippen LogP contribution in [-0.4, -0.2) is 23.5 Å². The SMILES string of the molecule is CCN(C(=O)c1cncc(NC2CCCC2)c1)c1cccc(C)c1. The molecule has 4 heteroatoms. The fourth-order valence-corrected chi connectivity index (χ4v) is 3.34. The third kappa shape index (κ3) is 3.75. The number of rotatable bonds is 5. The standard InChI is InChI=1S/C20H25N3O/c1-3-23(19-10-6-7-15(2)11-19)20(24)16-12-18(14-21-13-16)22-17-8-4-5-9-17/h6-7,10-14,17,22H,3-5,8-9H2,1-2H3. The highest BCUT2D eigenvalue weighted by molar-refractivity contribution is 6.06. The first-order valence-electron chi connectivity index (χ1n) is 8.77. The first-order valence-corrected chi connectivity index (χ1v) is 8.77. The molecule has 0 unspecified atom stereocenters. The van der Waals surface area contributed by atoms with E-state index in [1.54, 1.807) is 17.3 Å². The Morgan fingerprint density at radius 2 is 2.04 bits per heavy atom. The Labute approximate surface area is 143 Å². The van der Waals surface area contributed by atoms with Crippen LogP contribution in [-0.2, 0) is 0 Å². The highest BCUT2D eigenvalue weighted by Crippen LogP contribution is 2.23. The second-order valence-electron chi connectivity index (χ2n) is 6.48. The molecule has 0 bridgehead atoms. The number of benzene rings is 1. The molecule has 24 heavy (non-hydrogen) atoms. The van der Waals surface area contributed by atoms with Crippen LogP contribution in [0.25, 0.3) is 0 Å². The van der Waals surface area contributed by atoms with Gasteiger partial charge in [0, 0.05) is 30.7 Å². The summed E-state index contributed by atoms with van der Waals surface area (Å²) in [4.78, 5) is 19.0. The van der Waals surface area contributed by atoms with Crippen molar-refractivity contribution >= 4 is 17.3 Å². The number of carbonyl (C=O) groups is 1. The minimum Gasteiger partial charge on any atom is -0.381 e. The smallest absolute Gasteiger partial charge is 0.259 e. The van der Waals surface area contributed by atoms with E-state index in [9.17, 15) is 4.79 Å². The van der Waals surface area contributed by atoms with Crippen molar-refractivity contribution in [1.82, 2.24) is 4.98 Å². The molecular weight excluding hydrogens is 298 g/mol. The second-order valence-corrected chi connectivity index (χ2v) is 6.48. The molecule has 1 N–H and O–H groups in total. The van der Waals surface area contributed by atoms with E-state index in [0.29, 0.717) is 18.2 Å². The number of hydrogen-bond donors (Lipinski definition) is 1. The molecule has 4 nitrogen and oxygen atoms in total. The van der Waals surface area contributed by atoms with Gasteiger partial charge < -0.3 is 10.2 Å². The van der Waals surface area contributed by atoms with Gasteiger partial charge in [-0.25, -0.2) is 0 Å². The predicted molar refractivity (Wildman–Crippen MR) is 98.6 cm³/mol. The highest BCUT2D eigenvalue weighted by atomic mass is 16.2. The van der Waals surface area contributed by atoms with Crippen LogP contribution in [0.2, 0.25) is 0 Å². The van der Waals surface area contributed by atoms with E-state index in [1.807, 2.05) is 44.2 Å².